The number of carbonyl (C=O) groups excluding carboxylic acids is 1. The summed E-state index contributed by atoms with van der Waals surface area (Å²) in [6, 6.07) is 13.4. The van der Waals surface area contributed by atoms with Gasteiger partial charge in [-0.15, -0.1) is 0 Å². The van der Waals surface area contributed by atoms with Crippen LogP contribution in [0.25, 0.3) is 11.3 Å². The molecule has 1 aliphatic rings. The minimum absolute atomic E-state index is 0.0148. The third kappa shape index (κ3) is 4.63. The number of hydrogen-bond donors (Lipinski definition) is 2. The van der Waals surface area contributed by atoms with Crippen molar-refractivity contribution in [1.29, 1.82) is 0 Å². The Labute approximate surface area is 180 Å². The predicted octanol–water partition coefficient (Wildman–Crippen LogP) is 3.63. The maximum atomic E-state index is 13.2. The van der Waals surface area contributed by atoms with Gasteiger partial charge in [0.15, 0.2) is 5.82 Å². The number of amides is 1. The molecule has 2 heterocycles. The fraction of sp³-hybridized carbons (Fsp3) is 0.304. The van der Waals surface area contributed by atoms with Gasteiger partial charge >= 0.3 is 0 Å². The summed E-state index contributed by atoms with van der Waals surface area (Å²) >= 11 is 0. The molecule has 7 nitrogen and oxygen atoms in total. The molecule has 0 aliphatic carbocycles. The van der Waals surface area contributed by atoms with Gasteiger partial charge in [0.25, 0.3) is 5.91 Å². The zero-order valence-electron chi connectivity index (χ0n) is 17.5. The van der Waals surface area contributed by atoms with E-state index in [4.69, 9.17) is 9.47 Å². The predicted molar refractivity (Wildman–Crippen MR) is 116 cm³/mol. The molecule has 8 heteroatoms. The lowest BCUT2D eigenvalue weighted by atomic mass is 10.0. The van der Waals surface area contributed by atoms with Gasteiger partial charge in [-0.1, -0.05) is 0 Å². The average molecular weight is 424 g/mol. The normalized spacial score (nSPS) is 16.1. The largest absolute Gasteiger partial charge is 0.497 e. The lowest BCUT2D eigenvalue weighted by Gasteiger charge is -2.33. The maximum Gasteiger partial charge on any atom is 0.255 e. The molecule has 1 aromatic heterocycles. The maximum absolute atomic E-state index is 13.2. The number of anilines is 1. The number of H-pyrrole nitrogens is 1. The number of nitrogens with zero attached hydrogens (tertiary/aromatic N) is 2. The van der Waals surface area contributed by atoms with Gasteiger partial charge in [0.05, 0.1) is 25.5 Å². The van der Waals surface area contributed by atoms with Gasteiger partial charge in [-0.25, -0.2) is 4.39 Å². The van der Waals surface area contributed by atoms with Gasteiger partial charge in [-0.2, -0.15) is 5.10 Å². The highest BCUT2D eigenvalue weighted by atomic mass is 19.1. The molecule has 1 amide bonds. The van der Waals surface area contributed by atoms with Gasteiger partial charge < -0.3 is 19.7 Å². The van der Waals surface area contributed by atoms with Gasteiger partial charge in [0, 0.05) is 31.3 Å². The SMILES string of the molecule is COc1ccc(C(=O)NC2CCCN(c3cc(-c4ccc(F)cc4)[nH]n3)C2)c(OC)c1. The number of methoxy groups -OCH3 is 2. The van der Waals surface area contributed by atoms with Crippen LogP contribution in [0.1, 0.15) is 23.2 Å². The van der Waals surface area contributed by atoms with Crippen LogP contribution >= 0.6 is 0 Å². The number of nitrogens with one attached hydrogen (secondary N) is 2. The third-order valence-corrected chi connectivity index (χ3v) is 5.45. The van der Waals surface area contributed by atoms with Crippen LogP contribution in [0.15, 0.2) is 48.5 Å². The van der Waals surface area contributed by atoms with E-state index >= 15 is 0 Å². The Morgan fingerprint density at radius 1 is 1.16 bits per heavy atom. The molecule has 1 atom stereocenters. The lowest BCUT2D eigenvalue weighted by Crippen LogP contribution is -2.48. The van der Waals surface area contributed by atoms with Crippen molar-refractivity contribution in [2.45, 2.75) is 18.9 Å². The highest BCUT2D eigenvalue weighted by Crippen LogP contribution is 2.26. The number of piperidine rings is 1. The highest BCUT2D eigenvalue weighted by molar-refractivity contribution is 5.97. The van der Waals surface area contributed by atoms with Gasteiger partial charge in [0.1, 0.15) is 17.3 Å². The Balaban J connectivity index is 1.43. The minimum Gasteiger partial charge on any atom is -0.497 e. The molecule has 1 saturated heterocycles. The zero-order valence-corrected chi connectivity index (χ0v) is 17.5. The monoisotopic (exact) mass is 424 g/mol. The molecule has 1 aliphatic heterocycles. The topological polar surface area (TPSA) is 79.5 Å². The summed E-state index contributed by atoms with van der Waals surface area (Å²) in [5.41, 5.74) is 2.16. The summed E-state index contributed by atoms with van der Waals surface area (Å²) in [6.07, 6.45) is 1.82. The Bertz CT molecular complexity index is 1050. The molecule has 4 rings (SSSR count). The van der Waals surface area contributed by atoms with Crippen LogP contribution in [0.2, 0.25) is 0 Å². The van der Waals surface area contributed by atoms with E-state index in [2.05, 4.69) is 20.4 Å². The number of aromatic amines is 1. The van der Waals surface area contributed by atoms with Crippen molar-refractivity contribution in [2.24, 2.45) is 0 Å². The van der Waals surface area contributed by atoms with Crippen LogP contribution in [0.5, 0.6) is 11.5 Å². The molecule has 2 N–H and O–H groups in total. The smallest absolute Gasteiger partial charge is 0.255 e. The van der Waals surface area contributed by atoms with Gasteiger partial charge in [-0.3, -0.25) is 9.89 Å². The van der Waals surface area contributed by atoms with Crippen LogP contribution in [0.4, 0.5) is 10.2 Å². The Morgan fingerprint density at radius 2 is 1.97 bits per heavy atom. The molecule has 0 radical (unpaired) electrons. The summed E-state index contributed by atoms with van der Waals surface area (Å²) in [5.74, 6) is 1.46. The second kappa shape index (κ2) is 9.07. The number of rotatable bonds is 6. The molecule has 1 unspecified atom stereocenters. The van der Waals surface area contributed by atoms with Crippen LogP contribution < -0.4 is 19.7 Å². The fourth-order valence-corrected chi connectivity index (χ4v) is 3.80. The molecule has 1 fully saturated rings. The molecule has 31 heavy (non-hydrogen) atoms. The quantitative estimate of drug-likeness (QED) is 0.632. The average Bonchev–Trinajstić information content (AvgIpc) is 3.29. The molecule has 0 bridgehead atoms. The molecule has 0 spiro atoms. The number of ether oxygens (including phenoxy) is 2. The lowest BCUT2D eigenvalue weighted by molar-refractivity contribution is 0.0930. The number of halogens is 1. The van der Waals surface area contributed by atoms with Crippen molar-refractivity contribution in [3.63, 3.8) is 0 Å². The summed E-state index contributed by atoms with van der Waals surface area (Å²) in [6.45, 7) is 1.50. The highest BCUT2D eigenvalue weighted by Gasteiger charge is 2.25. The molecule has 162 valence electrons. The summed E-state index contributed by atoms with van der Waals surface area (Å²) in [5, 5.41) is 10.5. The second-order valence-electron chi connectivity index (χ2n) is 7.47. The van der Waals surface area contributed by atoms with Crippen LogP contribution in [-0.4, -0.2) is 49.5 Å². The molecule has 0 saturated carbocycles. The Morgan fingerprint density at radius 3 is 2.71 bits per heavy atom. The third-order valence-electron chi connectivity index (χ3n) is 5.45. The second-order valence-corrected chi connectivity index (χ2v) is 7.47. The van der Waals surface area contributed by atoms with E-state index in [9.17, 15) is 9.18 Å². The van der Waals surface area contributed by atoms with Crippen molar-refractivity contribution in [3.8, 4) is 22.8 Å². The first-order valence-electron chi connectivity index (χ1n) is 10.2. The minimum atomic E-state index is -0.272. The van der Waals surface area contributed by atoms with E-state index < -0.39 is 0 Å². The summed E-state index contributed by atoms with van der Waals surface area (Å²) in [4.78, 5) is 15.0. The first-order chi connectivity index (χ1) is 15.1. The molecule has 2 aromatic carbocycles. The van der Waals surface area contributed by atoms with E-state index in [0.29, 0.717) is 23.6 Å². The first kappa shape index (κ1) is 20.7. The first-order valence-corrected chi connectivity index (χ1v) is 10.2. The summed E-state index contributed by atoms with van der Waals surface area (Å²) < 4.78 is 23.7. The van der Waals surface area contributed by atoms with Crippen LogP contribution in [0.3, 0.4) is 0 Å². The Hall–Kier alpha value is -3.55. The summed E-state index contributed by atoms with van der Waals surface area (Å²) in [7, 11) is 3.10. The fourth-order valence-electron chi connectivity index (χ4n) is 3.80. The van der Waals surface area contributed by atoms with Crippen molar-refractivity contribution in [3.05, 3.63) is 59.9 Å². The molecular formula is C23H25FN4O3. The van der Waals surface area contributed by atoms with E-state index in [0.717, 1.165) is 36.5 Å². The Kier molecular flexibility index (Phi) is 6.06. The number of aromatic nitrogens is 2. The van der Waals surface area contributed by atoms with E-state index in [1.54, 1.807) is 37.4 Å². The van der Waals surface area contributed by atoms with E-state index in [1.165, 1.54) is 19.2 Å². The van der Waals surface area contributed by atoms with Crippen LogP contribution in [-0.2, 0) is 0 Å². The van der Waals surface area contributed by atoms with Crippen molar-refractivity contribution < 1.29 is 18.7 Å². The van der Waals surface area contributed by atoms with Crippen molar-refractivity contribution in [2.75, 3.05) is 32.2 Å². The zero-order chi connectivity index (χ0) is 21.8. The van der Waals surface area contributed by atoms with Gasteiger partial charge in [-0.05, 0) is 54.8 Å². The van der Waals surface area contributed by atoms with Crippen molar-refractivity contribution >= 4 is 11.7 Å². The van der Waals surface area contributed by atoms with Crippen LogP contribution in [0, 0.1) is 5.82 Å². The van der Waals surface area contributed by atoms with E-state index in [-0.39, 0.29) is 17.8 Å². The number of carbonyl (C=O) groups is 1. The number of hydrogen-bond acceptors (Lipinski definition) is 5. The van der Waals surface area contributed by atoms with Crippen molar-refractivity contribution in [1.82, 2.24) is 15.5 Å². The molecule has 3 aromatic rings. The molecular weight excluding hydrogens is 399 g/mol. The standard InChI is InChI=1S/C23H25FN4O3/c1-30-18-9-10-19(21(12-18)31-2)23(29)25-17-4-3-11-28(14-17)22-13-20(26-27-22)15-5-7-16(24)8-6-15/h5-10,12-13,17H,3-4,11,14H2,1-2H3,(H,25,29)(H,26,27). The van der Waals surface area contributed by atoms with Gasteiger partial charge in [0.2, 0.25) is 0 Å². The number of benzene rings is 2. The van der Waals surface area contributed by atoms with E-state index in [1.807, 2.05) is 6.07 Å².